The summed E-state index contributed by atoms with van der Waals surface area (Å²) < 4.78 is 109. The molecule has 1 N–H and O–H groups in total. The number of rotatable bonds is 8. The van der Waals surface area contributed by atoms with Crippen LogP contribution in [0.2, 0.25) is 10.0 Å². The van der Waals surface area contributed by atoms with E-state index in [4.69, 9.17) is 34.8 Å². The van der Waals surface area contributed by atoms with Crippen LogP contribution in [0.3, 0.4) is 0 Å². The number of hydrogen-bond donors (Lipinski definition) is 1. The van der Waals surface area contributed by atoms with E-state index >= 15 is 0 Å². The molecule has 0 radical (unpaired) electrons. The van der Waals surface area contributed by atoms with Gasteiger partial charge in [-0.15, -0.1) is 0 Å². The van der Waals surface area contributed by atoms with Gasteiger partial charge < -0.3 is 9.13 Å². The molecule has 0 aliphatic rings. The summed E-state index contributed by atoms with van der Waals surface area (Å²) in [6.07, 6.45) is 1.56. The van der Waals surface area contributed by atoms with Crippen molar-refractivity contribution < 1.29 is 44.0 Å². The summed E-state index contributed by atoms with van der Waals surface area (Å²) in [7, 11) is -5.30. The molecular formula is C41H37Cl3F4N6O10S2. The van der Waals surface area contributed by atoms with Gasteiger partial charge in [-0.25, -0.2) is 57.4 Å². The van der Waals surface area contributed by atoms with E-state index in [0.29, 0.717) is 32.8 Å². The molecule has 6 aromatic rings. The summed E-state index contributed by atoms with van der Waals surface area (Å²) in [5.41, 5.74) is -4.98. The number of amides is 1. The molecule has 6 rings (SSSR count). The molecule has 2 aromatic heterocycles. The first kappa shape index (κ1) is 54.0. The van der Waals surface area contributed by atoms with E-state index < -0.39 is 105 Å². The van der Waals surface area contributed by atoms with Crippen molar-refractivity contribution in [1.29, 1.82) is 0 Å². The molecule has 352 valence electrons. The molecule has 0 saturated carbocycles. The monoisotopic (exact) mass is 1020 g/mol. The topological polar surface area (TPSA) is 206 Å². The Morgan fingerprint density at radius 3 is 1.42 bits per heavy atom. The maximum Gasteiger partial charge on any atom is 0.335 e. The maximum absolute atomic E-state index is 14.8. The molecule has 0 atom stereocenters. The number of sulfonamides is 2. The zero-order valence-electron chi connectivity index (χ0n) is 34.4. The van der Waals surface area contributed by atoms with Gasteiger partial charge in [0, 0.05) is 37.6 Å². The second-order valence-electron chi connectivity index (χ2n) is 13.6. The lowest BCUT2D eigenvalue weighted by molar-refractivity contribution is 0.100. The van der Waals surface area contributed by atoms with Crippen molar-refractivity contribution in [2.24, 2.45) is 14.1 Å². The van der Waals surface area contributed by atoms with Gasteiger partial charge in [0.25, 0.3) is 22.3 Å². The standard InChI is InChI=1S/C20H16ClF2N3O5S.C13H13ClFN3O4S.C7H4ClFO.CH4/c1-11-8-18(27)25(20(29)24(11)2)17-10-16(13(21)9-15(17)23)26(32(3,30)31)19(28)12-6-4-5-7-14(12)22;1-7-4-12(19)18(13(20)17(7)2)11-6-10(16-23(3,21)22)8(14)5-9(11)15;8-7(10)5-3-1-2-4-6(5)9;/h4-10H,1-3H3;4-6,16H,1-3H3;1-4H;1H4. The molecule has 4 aromatic carbocycles. The average Bonchev–Trinajstić information content (AvgIpc) is 3.19. The molecule has 1 amide bonds. The van der Waals surface area contributed by atoms with E-state index in [0.717, 1.165) is 47.2 Å². The van der Waals surface area contributed by atoms with Crippen molar-refractivity contribution in [3.05, 3.63) is 182 Å². The van der Waals surface area contributed by atoms with Crippen molar-refractivity contribution in [1.82, 2.24) is 18.3 Å². The lowest BCUT2D eigenvalue weighted by Gasteiger charge is -2.23. The second-order valence-corrected chi connectivity index (χ2v) is 18.3. The third-order valence-corrected chi connectivity index (χ3v) is 11.3. The second kappa shape index (κ2) is 21.3. The Hall–Kier alpha value is -6.33. The molecular weight excluding hydrogens is 983 g/mol. The third kappa shape index (κ3) is 12.3. The van der Waals surface area contributed by atoms with Gasteiger partial charge in [-0.1, -0.05) is 54.9 Å². The minimum absolute atomic E-state index is 0. The lowest BCUT2D eigenvalue weighted by atomic mass is 10.2. The first-order valence-electron chi connectivity index (χ1n) is 17.9. The predicted molar refractivity (Wildman–Crippen MR) is 244 cm³/mol. The Kier molecular flexibility index (Phi) is 17.4. The van der Waals surface area contributed by atoms with E-state index in [1.54, 1.807) is 13.0 Å². The lowest BCUT2D eigenvalue weighted by Crippen LogP contribution is -2.39. The number of carbonyl (C=O) groups is 2. The van der Waals surface area contributed by atoms with Crippen LogP contribution in [-0.4, -0.2) is 58.8 Å². The SMILES string of the molecule is C.Cc1cc(=O)n(-c2cc(N(C(=O)c3ccccc3F)S(C)(=O)=O)c(Cl)cc2F)c(=O)n1C.Cc1cc(=O)n(-c2cc(NS(C)(=O)=O)c(Cl)cc2F)c(=O)n1C.O=C(Cl)c1ccccc1F. The zero-order valence-corrected chi connectivity index (χ0v) is 38.3. The Bertz CT molecular complexity index is 3380. The Balaban J connectivity index is 0.000000295. The highest BCUT2D eigenvalue weighted by Gasteiger charge is 2.32. The van der Waals surface area contributed by atoms with E-state index in [1.807, 2.05) is 0 Å². The first-order valence-corrected chi connectivity index (χ1v) is 22.7. The Labute approximate surface area is 388 Å². The normalized spacial score (nSPS) is 11.0. The Morgan fingerprint density at radius 2 is 1.03 bits per heavy atom. The van der Waals surface area contributed by atoms with Gasteiger partial charge >= 0.3 is 11.4 Å². The molecule has 0 spiro atoms. The number of aryl methyl sites for hydroxylation is 2. The number of anilines is 2. The van der Waals surface area contributed by atoms with Crippen LogP contribution in [0.5, 0.6) is 0 Å². The quantitative estimate of drug-likeness (QED) is 0.134. The minimum Gasteiger partial charge on any atom is -0.301 e. The van der Waals surface area contributed by atoms with Gasteiger partial charge in [-0.3, -0.25) is 23.9 Å². The van der Waals surface area contributed by atoms with Crippen molar-refractivity contribution in [3.63, 3.8) is 0 Å². The minimum atomic E-state index is -4.41. The maximum atomic E-state index is 14.8. The molecule has 2 heterocycles. The highest BCUT2D eigenvalue weighted by molar-refractivity contribution is 7.93. The van der Waals surface area contributed by atoms with Crippen LogP contribution in [0.1, 0.15) is 39.5 Å². The summed E-state index contributed by atoms with van der Waals surface area (Å²) in [5, 5.41) is -1.48. The van der Waals surface area contributed by atoms with Crippen molar-refractivity contribution in [2.45, 2.75) is 21.3 Å². The predicted octanol–water partition coefficient (Wildman–Crippen LogP) is 6.23. The fourth-order valence-corrected chi connectivity index (χ4v) is 7.73. The van der Waals surface area contributed by atoms with Crippen LogP contribution < -0.4 is 31.5 Å². The fourth-order valence-electron chi connectivity index (χ4n) is 5.56. The molecule has 16 nitrogen and oxygen atoms in total. The van der Waals surface area contributed by atoms with Crippen molar-refractivity contribution >= 4 is 77.4 Å². The average molecular weight is 1020 g/mol. The largest absolute Gasteiger partial charge is 0.335 e. The van der Waals surface area contributed by atoms with Gasteiger partial charge in [-0.05, 0) is 74.0 Å². The van der Waals surface area contributed by atoms with Gasteiger partial charge in [0.05, 0.1) is 56.4 Å². The number of carbonyl (C=O) groups excluding carboxylic acids is 2. The van der Waals surface area contributed by atoms with Gasteiger partial charge in [-0.2, -0.15) is 0 Å². The van der Waals surface area contributed by atoms with E-state index in [-0.39, 0.29) is 28.0 Å². The molecule has 66 heavy (non-hydrogen) atoms. The van der Waals surface area contributed by atoms with Gasteiger partial charge in [0.15, 0.2) is 0 Å². The summed E-state index contributed by atoms with van der Waals surface area (Å²) in [6.45, 7) is 3.05. The Morgan fingerprint density at radius 1 is 0.621 bits per heavy atom. The summed E-state index contributed by atoms with van der Waals surface area (Å²) in [4.78, 5) is 72.7. The highest BCUT2D eigenvalue weighted by atomic mass is 35.5. The highest BCUT2D eigenvalue weighted by Crippen LogP contribution is 2.33. The fraction of sp³-hybridized carbons (Fsp3) is 0.171. The van der Waals surface area contributed by atoms with Crippen LogP contribution in [0.25, 0.3) is 11.4 Å². The van der Waals surface area contributed by atoms with E-state index in [1.165, 1.54) is 62.0 Å². The molecule has 0 aliphatic heterocycles. The number of aromatic nitrogens is 4. The molecule has 25 heteroatoms. The van der Waals surface area contributed by atoms with Gasteiger partial charge in [0.2, 0.25) is 20.0 Å². The smallest absolute Gasteiger partial charge is 0.301 e. The van der Waals surface area contributed by atoms with Crippen molar-refractivity contribution in [3.8, 4) is 11.4 Å². The number of benzene rings is 4. The van der Waals surface area contributed by atoms with Crippen LogP contribution in [-0.2, 0) is 34.1 Å². The van der Waals surface area contributed by atoms with Crippen LogP contribution in [0.15, 0.2) is 104 Å². The molecule has 0 bridgehead atoms. The summed E-state index contributed by atoms with van der Waals surface area (Å²) in [6, 6.07) is 15.7. The van der Waals surface area contributed by atoms with E-state index in [2.05, 4.69) is 4.72 Å². The van der Waals surface area contributed by atoms with Crippen LogP contribution in [0, 0.1) is 37.1 Å². The van der Waals surface area contributed by atoms with Crippen molar-refractivity contribution in [2.75, 3.05) is 21.5 Å². The summed E-state index contributed by atoms with van der Waals surface area (Å²) in [5.74, 6) is -4.92. The number of nitrogens with one attached hydrogen (secondary N) is 1. The number of halogens is 7. The molecule has 0 aliphatic carbocycles. The van der Waals surface area contributed by atoms with Gasteiger partial charge in [0.1, 0.15) is 23.3 Å². The number of hydrogen-bond acceptors (Lipinski definition) is 10. The molecule has 0 unspecified atom stereocenters. The third-order valence-electron chi connectivity index (χ3n) is 8.87. The first-order chi connectivity index (χ1) is 30.1. The molecule has 0 fully saturated rings. The van der Waals surface area contributed by atoms with E-state index in [9.17, 15) is 63.2 Å². The molecule has 0 saturated heterocycles. The van der Waals surface area contributed by atoms with Crippen LogP contribution in [0.4, 0.5) is 28.9 Å². The summed E-state index contributed by atoms with van der Waals surface area (Å²) >= 11 is 16.9. The number of nitrogens with zero attached hydrogens (tertiary/aromatic N) is 5. The van der Waals surface area contributed by atoms with Crippen LogP contribution >= 0.6 is 34.8 Å². The zero-order chi connectivity index (χ0) is 49.0.